The van der Waals surface area contributed by atoms with Crippen LogP contribution in [-0.4, -0.2) is 21.4 Å². The van der Waals surface area contributed by atoms with Crippen molar-refractivity contribution in [2.75, 3.05) is 0 Å². The first-order chi connectivity index (χ1) is 13.8. The van der Waals surface area contributed by atoms with Gasteiger partial charge < -0.3 is 9.47 Å². The first-order valence-electron chi connectivity index (χ1n) is 10.1. The smallest absolute Gasteiger partial charge is 0.254 e. The Hall–Kier alpha value is -2.52. The minimum absolute atomic E-state index is 0.0111. The third-order valence-electron chi connectivity index (χ3n) is 5.48. The second kappa shape index (κ2) is 9.32. The number of carbonyl (C=O) groups is 1. The van der Waals surface area contributed by atoms with Crippen LogP contribution >= 0.6 is 11.6 Å². The van der Waals surface area contributed by atoms with Crippen LogP contribution < -0.4 is 0 Å². The van der Waals surface area contributed by atoms with E-state index in [1.54, 1.807) is 12.1 Å². The van der Waals surface area contributed by atoms with E-state index in [9.17, 15) is 4.79 Å². The molecule has 1 heterocycles. The third-order valence-corrected chi connectivity index (χ3v) is 5.72. The molecule has 3 nitrogen and oxygen atoms in total. The van der Waals surface area contributed by atoms with Gasteiger partial charge in [-0.15, -0.1) is 0 Å². The van der Waals surface area contributed by atoms with E-state index < -0.39 is 0 Å². The number of nitrogens with zero attached hydrogens (tertiary/aromatic N) is 2. The van der Waals surface area contributed by atoms with E-state index >= 15 is 0 Å². The van der Waals surface area contributed by atoms with Gasteiger partial charge in [0.05, 0.1) is 6.54 Å². The molecule has 2 aromatic carbocycles. The first-order valence-corrected chi connectivity index (χ1v) is 10.5. The van der Waals surface area contributed by atoms with E-state index in [1.165, 1.54) is 11.1 Å². The average Bonchev–Trinajstić information content (AvgIpc) is 3.11. The molecule has 0 aliphatic carbocycles. The molecule has 0 aliphatic rings. The molecule has 3 rings (SSSR count). The van der Waals surface area contributed by atoms with E-state index in [0.717, 1.165) is 12.2 Å². The van der Waals surface area contributed by atoms with Gasteiger partial charge in [0.1, 0.15) is 0 Å². The summed E-state index contributed by atoms with van der Waals surface area (Å²) in [5.41, 5.74) is 4.26. The molecule has 1 aromatic heterocycles. The summed E-state index contributed by atoms with van der Waals surface area (Å²) in [7, 11) is 0. The van der Waals surface area contributed by atoms with Gasteiger partial charge in [0.15, 0.2) is 0 Å². The lowest BCUT2D eigenvalue weighted by molar-refractivity contribution is 0.0622. The second-order valence-corrected chi connectivity index (χ2v) is 8.48. The monoisotopic (exact) mass is 408 g/mol. The molecule has 0 saturated carbocycles. The summed E-state index contributed by atoms with van der Waals surface area (Å²) in [4.78, 5) is 15.3. The summed E-state index contributed by atoms with van der Waals surface area (Å²) < 4.78 is 2.22. The Balaban J connectivity index is 1.87. The van der Waals surface area contributed by atoms with Crippen molar-refractivity contribution in [1.29, 1.82) is 0 Å². The van der Waals surface area contributed by atoms with Crippen LogP contribution in [0.1, 0.15) is 48.0 Å². The van der Waals surface area contributed by atoms with Crippen molar-refractivity contribution in [2.24, 2.45) is 5.92 Å². The van der Waals surface area contributed by atoms with Gasteiger partial charge in [0.2, 0.25) is 0 Å². The third kappa shape index (κ3) is 5.30. The fourth-order valence-electron chi connectivity index (χ4n) is 3.48. The summed E-state index contributed by atoms with van der Waals surface area (Å²) in [6, 6.07) is 20.0. The summed E-state index contributed by atoms with van der Waals surface area (Å²) in [5.74, 6) is 0.357. The Bertz CT molecular complexity index is 976. The molecule has 0 saturated heterocycles. The Morgan fingerprint density at radius 3 is 2.48 bits per heavy atom. The van der Waals surface area contributed by atoms with Crippen LogP contribution in [0.5, 0.6) is 0 Å². The van der Waals surface area contributed by atoms with Crippen LogP contribution in [-0.2, 0) is 13.1 Å². The highest BCUT2D eigenvalue weighted by atomic mass is 35.5. The van der Waals surface area contributed by atoms with Crippen molar-refractivity contribution in [2.45, 2.75) is 46.8 Å². The van der Waals surface area contributed by atoms with Crippen LogP contribution in [0.2, 0.25) is 5.02 Å². The highest BCUT2D eigenvalue weighted by Gasteiger charge is 2.25. The van der Waals surface area contributed by atoms with Crippen LogP contribution in [0, 0.1) is 12.8 Å². The lowest BCUT2D eigenvalue weighted by Crippen LogP contribution is -2.41. The van der Waals surface area contributed by atoms with Crippen LogP contribution in [0.3, 0.4) is 0 Å². The number of halogens is 1. The summed E-state index contributed by atoms with van der Waals surface area (Å²) in [6.45, 7) is 9.86. The number of benzene rings is 2. The number of amides is 1. The molecule has 29 heavy (non-hydrogen) atoms. The maximum absolute atomic E-state index is 13.3. The molecule has 0 aliphatic heterocycles. The molecular formula is C25H29ClN2O. The summed E-state index contributed by atoms with van der Waals surface area (Å²) >= 11 is 6.13. The highest BCUT2D eigenvalue weighted by molar-refractivity contribution is 6.30. The largest absolute Gasteiger partial charge is 0.345 e. The molecule has 152 valence electrons. The molecule has 4 heteroatoms. The molecule has 0 radical (unpaired) electrons. The van der Waals surface area contributed by atoms with Gasteiger partial charge in [0.25, 0.3) is 5.91 Å². The molecule has 0 bridgehead atoms. The number of aromatic nitrogens is 1. The second-order valence-electron chi connectivity index (χ2n) is 8.04. The van der Waals surface area contributed by atoms with Gasteiger partial charge in [-0.25, -0.2) is 0 Å². The zero-order chi connectivity index (χ0) is 21.0. The van der Waals surface area contributed by atoms with Crippen molar-refractivity contribution in [1.82, 2.24) is 9.47 Å². The predicted octanol–water partition coefficient (Wildman–Crippen LogP) is 6.19. The van der Waals surface area contributed by atoms with Gasteiger partial charge in [0, 0.05) is 35.1 Å². The van der Waals surface area contributed by atoms with Gasteiger partial charge >= 0.3 is 0 Å². The van der Waals surface area contributed by atoms with Crippen molar-refractivity contribution in [3.63, 3.8) is 0 Å². The van der Waals surface area contributed by atoms with Crippen molar-refractivity contribution in [3.05, 3.63) is 94.3 Å². The first kappa shape index (κ1) is 21.2. The minimum atomic E-state index is 0.0111. The van der Waals surface area contributed by atoms with Gasteiger partial charge in [-0.1, -0.05) is 61.3 Å². The fraction of sp³-hybridized carbons (Fsp3) is 0.320. The van der Waals surface area contributed by atoms with Crippen LogP contribution in [0.15, 0.2) is 66.9 Å². The maximum Gasteiger partial charge on any atom is 0.254 e. The molecule has 0 N–H and O–H groups in total. The Morgan fingerprint density at radius 2 is 1.79 bits per heavy atom. The molecule has 1 atom stereocenters. The zero-order valence-corrected chi connectivity index (χ0v) is 18.4. The molecule has 0 spiro atoms. The van der Waals surface area contributed by atoms with E-state index in [1.807, 2.05) is 23.1 Å². The topological polar surface area (TPSA) is 25.2 Å². The van der Waals surface area contributed by atoms with Crippen molar-refractivity contribution >= 4 is 17.5 Å². The van der Waals surface area contributed by atoms with E-state index in [0.29, 0.717) is 23.0 Å². The van der Waals surface area contributed by atoms with Gasteiger partial charge in [-0.05, 0) is 55.7 Å². The normalized spacial score (nSPS) is 12.2. The Kier molecular flexibility index (Phi) is 6.81. The SMILES string of the molecule is Cc1cccc(Cn2cccc2CN(C(=O)c2cccc(Cl)c2)[C@H](C)C(C)C)c1. The number of rotatable bonds is 7. The Morgan fingerprint density at radius 1 is 1.03 bits per heavy atom. The standard InChI is InChI=1S/C25H29ClN2O/c1-18(2)20(4)28(25(29)22-10-6-11-23(26)15-22)17-24-12-7-13-27(24)16-21-9-5-8-19(3)14-21/h5-15,18,20H,16-17H2,1-4H3/t20-/m1/s1. The molecular weight excluding hydrogens is 380 g/mol. The quantitative estimate of drug-likeness (QED) is 0.457. The van der Waals surface area contributed by atoms with E-state index in [4.69, 9.17) is 11.6 Å². The Labute approximate surface area is 178 Å². The predicted molar refractivity (Wildman–Crippen MR) is 120 cm³/mol. The highest BCUT2D eigenvalue weighted by Crippen LogP contribution is 2.21. The lowest BCUT2D eigenvalue weighted by Gasteiger charge is -2.32. The molecule has 0 unspecified atom stereocenters. The molecule has 1 amide bonds. The molecule has 3 aromatic rings. The van der Waals surface area contributed by atoms with Crippen LogP contribution in [0.4, 0.5) is 0 Å². The van der Waals surface area contributed by atoms with E-state index in [-0.39, 0.29) is 11.9 Å². The van der Waals surface area contributed by atoms with Crippen molar-refractivity contribution < 1.29 is 4.79 Å². The van der Waals surface area contributed by atoms with Crippen LogP contribution in [0.25, 0.3) is 0 Å². The summed E-state index contributed by atoms with van der Waals surface area (Å²) in [5, 5.41) is 0.579. The van der Waals surface area contributed by atoms with E-state index in [2.05, 4.69) is 68.8 Å². The average molecular weight is 409 g/mol. The minimum Gasteiger partial charge on any atom is -0.345 e. The molecule has 0 fully saturated rings. The number of hydrogen-bond donors (Lipinski definition) is 0. The number of carbonyl (C=O) groups excluding carboxylic acids is 1. The lowest BCUT2D eigenvalue weighted by atomic mass is 10.0. The fourth-order valence-corrected chi connectivity index (χ4v) is 3.67. The van der Waals surface area contributed by atoms with Gasteiger partial charge in [-0.3, -0.25) is 4.79 Å². The maximum atomic E-state index is 13.3. The number of hydrogen-bond acceptors (Lipinski definition) is 1. The zero-order valence-electron chi connectivity index (χ0n) is 17.6. The number of aryl methyl sites for hydroxylation is 1. The van der Waals surface area contributed by atoms with Crippen molar-refractivity contribution in [3.8, 4) is 0 Å². The summed E-state index contributed by atoms with van der Waals surface area (Å²) in [6.07, 6.45) is 2.08. The van der Waals surface area contributed by atoms with Gasteiger partial charge in [-0.2, -0.15) is 0 Å².